The topological polar surface area (TPSA) is 124 Å². The van der Waals surface area contributed by atoms with E-state index in [-0.39, 0.29) is 23.9 Å². The molecule has 0 aliphatic carbocycles. The van der Waals surface area contributed by atoms with E-state index in [0.717, 1.165) is 11.6 Å². The molecule has 4 aromatic carbocycles. The summed E-state index contributed by atoms with van der Waals surface area (Å²) in [4.78, 5) is 7.28. The average molecular weight is 503 g/mol. The van der Waals surface area contributed by atoms with Crippen molar-refractivity contribution in [3.8, 4) is 34.0 Å². The number of aromatic nitrogens is 2. The summed E-state index contributed by atoms with van der Waals surface area (Å²) in [5.74, 6) is 0.0406. The molecule has 10 heteroatoms. The predicted octanol–water partition coefficient (Wildman–Crippen LogP) is 5.78. The van der Waals surface area contributed by atoms with Gasteiger partial charge in [-0.15, -0.1) is 12.4 Å². The van der Waals surface area contributed by atoms with Gasteiger partial charge in [0.25, 0.3) is 10.1 Å². The van der Waals surface area contributed by atoms with Gasteiger partial charge in [0.05, 0.1) is 21.4 Å². The first-order valence-electron chi connectivity index (χ1n) is 9.43. The Morgan fingerprint density at radius 1 is 0.909 bits per heavy atom. The van der Waals surface area contributed by atoms with E-state index in [1.165, 1.54) is 6.07 Å². The van der Waals surface area contributed by atoms with Crippen LogP contribution >= 0.6 is 24.0 Å². The van der Waals surface area contributed by atoms with Crippen molar-refractivity contribution in [2.45, 2.75) is 4.90 Å². The molecule has 5 rings (SSSR count). The van der Waals surface area contributed by atoms with Crippen molar-refractivity contribution < 1.29 is 23.2 Å². The quantitative estimate of drug-likeness (QED) is 0.231. The minimum Gasteiger partial charge on any atom is -0.507 e. The minimum absolute atomic E-state index is 0. The van der Waals surface area contributed by atoms with Gasteiger partial charge in [-0.3, -0.25) is 4.55 Å². The van der Waals surface area contributed by atoms with Gasteiger partial charge in [-0.1, -0.05) is 41.9 Å². The molecule has 0 aliphatic heterocycles. The minimum atomic E-state index is -4.48. The van der Waals surface area contributed by atoms with Crippen LogP contribution in [-0.2, 0) is 10.1 Å². The second-order valence-corrected chi connectivity index (χ2v) is 9.13. The number of halogens is 2. The molecule has 4 N–H and O–H groups in total. The zero-order chi connectivity index (χ0) is 22.6. The number of fused-ring (bicyclic) bond motifs is 3. The molecule has 0 aliphatic rings. The molecule has 5 aromatic rings. The Morgan fingerprint density at radius 3 is 2.36 bits per heavy atom. The number of hydrogen-bond acceptors (Lipinski definition) is 5. The molecule has 168 valence electrons. The number of rotatable bonds is 3. The highest BCUT2D eigenvalue weighted by atomic mass is 35.5. The van der Waals surface area contributed by atoms with Crippen molar-refractivity contribution in [3.05, 3.63) is 71.8 Å². The summed E-state index contributed by atoms with van der Waals surface area (Å²) in [7, 11) is -4.48. The van der Waals surface area contributed by atoms with Crippen LogP contribution < -0.4 is 0 Å². The van der Waals surface area contributed by atoms with E-state index in [1.807, 2.05) is 6.07 Å². The first-order valence-corrected chi connectivity index (χ1v) is 11.3. The maximum atomic E-state index is 11.5. The van der Waals surface area contributed by atoms with Gasteiger partial charge in [0.1, 0.15) is 22.8 Å². The van der Waals surface area contributed by atoms with Gasteiger partial charge >= 0.3 is 0 Å². The molecular formula is C23H16Cl2N2O5S. The van der Waals surface area contributed by atoms with Crippen molar-refractivity contribution in [3.63, 3.8) is 0 Å². The lowest BCUT2D eigenvalue weighted by Gasteiger charge is -2.09. The van der Waals surface area contributed by atoms with E-state index >= 15 is 0 Å². The van der Waals surface area contributed by atoms with Gasteiger partial charge in [0, 0.05) is 16.7 Å². The third-order valence-electron chi connectivity index (χ3n) is 5.24. The first-order chi connectivity index (χ1) is 15.2. The smallest absolute Gasteiger partial charge is 0.294 e. The maximum Gasteiger partial charge on any atom is 0.294 e. The maximum absolute atomic E-state index is 11.5. The number of benzene rings is 4. The van der Waals surface area contributed by atoms with Crippen LogP contribution in [0.3, 0.4) is 0 Å². The van der Waals surface area contributed by atoms with Gasteiger partial charge in [-0.2, -0.15) is 8.42 Å². The summed E-state index contributed by atoms with van der Waals surface area (Å²) in [6.07, 6.45) is 0. The number of nitrogens with one attached hydrogen (secondary N) is 1. The van der Waals surface area contributed by atoms with Crippen molar-refractivity contribution in [1.29, 1.82) is 0 Å². The van der Waals surface area contributed by atoms with Crippen molar-refractivity contribution in [1.82, 2.24) is 9.97 Å². The SMILES string of the molecule is Cl.O=S(=O)(O)c1cc(O)c2c(ccc3[nH]c(-c4cccc(-c5cccc(Cl)c5)c4O)nc32)c1. The van der Waals surface area contributed by atoms with Crippen molar-refractivity contribution in [2.24, 2.45) is 0 Å². The largest absolute Gasteiger partial charge is 0.507 e. The van der Waals surface area contributed by atoms with E-state index in [2.05, 4.69) is 9.97 Å². The van der Waals surface area contributed by atoms with Crippen LogP contribution in [0, 0.1) is 0 Å². The van der Waals surface area contributed by atoms with E-state index < -0.39 is 15.0 Å². The fraction of sp³-hybridized carbons (Fsp3) is 0. The Hall–Kier alpha value is -3.30. The lowest BCUT2D eigenvalue weighted by molar-refractivity contribution is 0.471. The highest BCUT2D eigenvalue weighted by Crippen LogP contribution is 2.40. The molecule has 0 saturated heterocycles. The third-order valence-corrected chi connectivity index (χ3v) is 6.31. The van der Waals surface area contributed by atoms with Crippen molar-refractivity contribution in [2.75, 3.05) is 0 Å². The predicted molar refractivity (Wildman–Crippen MR) is 130 cm³/mol. The number of phenolic OH excluding ortho intramolecular Hbond substituents is 2. The Kier molecular flexibility index (Phi) is 5.71. The molecule has 0 fully saturated rings. The molecule has 33 heavy (non-hydrogen) atoms. The number of para-hydroxylation sites is 1. The van der Waals surface area contributed by atoms with Crippen LogP contribution in [0.25, 0.3) is 44.3 Å². The summed E-state index contributed by atoms with van der Waals surface area (Å²) in [5.41, 5.74) is 2.74. The van der Waals surface area contributed by atoms with Crippen LogP contribution in [-0.4, -0.2) is 33.2 Å². The molecule has 7 nitrogen and oxygen atoms in total. The van der Waals surface area contributed by atoms with Crippen molar-refractivity contribution >= 4 is 55.9 Å². The van der Waals surface area contributed by atoms with Crippen LogP contribution in [0.4, 0.5) is 0 Å². The number of imidazole rings is 1. The van der Waals surface area contributed by atoms with Gasteiger partial charge < -0.3 is 15.2 Å². The highest BCUT2D eigenvalue weighted by molar-refractivity contribution is 7.85. The van der Waals surface area contributed by atoms with E-state index in [9.17, 15) is 23.2 Å². The molecule has 0 atom stereocenters. The van der Waals surface area contributed by atoms with E-state index in [1.54, 1.807) is 48.5 Å². The number of phenols is 2. The normalized spacial score (nSPS) is 11.6. The van der Waals surface area contributed by atoms with E-state index in [4.69, 9.17) is 11.6 Å². The molecule has 0 spiro atoms. The Bertz CT molecular complexity index is 1650. The summed E-state index contributed by atoms with van der Waals surface area (Å²) in [6.45, 7) is 0. The van der Waals surface area contributed by atoms with Gasteiger partial charge in [-0.05, 0) is 41.3 Å². The molecule has 0 amide bonds. The van der Waals surface area contributed by atoms with Gasteiger partial charge in [-0.25, -0.2) is 4.98 Å². The van der Waals surface area contributed by atoms with Crippen LogP contribution in [0.15, 0.2) is 71.6 Å². The monoisotopic (exact) mass is 502 g/mol. The Morgan fingerprint density at radius 2 is 1.64 bits per heavy atom. The number of nitrogens with zero attached hydrogens (tertiary/aromatic N) is 1. The number of aromatic amines is 1. The molecular weight excluding hydrogens is 487 g/mol. The van der Waals surface area contributed by atoms with Gasteiger partial charge in [0.2, 0.25) is 0 Å². The Labute approximate surface area is 199 Å². The summed E-state index contributed by atoms with van der Waals surface area (Å²) in [6, 6.07) is 17.9. The number of hydrogen-bond donors (Lipinski definition) is 4. The van der Waals surface area contributed by atoms with Crippen LogP contribution in [0.1, 0.15) is 0 Å². The number of aromatic hydroxyl groups is 2. The van der Waals surface area contributed by atoms with Crippen LogP contribution in [0.5, 0.6) is 11.5 Å². The third kappa shape index (κ3) is 3.98. The summed E-state index contributed by atoms with van der Waals surface area (Å²) < 4.78 is 32.3. The molecule has 1 heterocycles. The molecule has 0 saturated carbocycles. The lowest BCUT2D eigenvalue weighted by atomic mass is 10.0. The molecule has 1 aromatic heterocycles. The number of H-pyrrole nitrogens is 1. The second kappa shape index (κ2) is 8.24. The average Bonchev–Trinajstić information content (AvgIpc) is 3.17. The lowest BCUT2D eigenvalue weighted by Crippen LogP contribution is -1.97. The van der Waals surface area contributed by atoms with Gasteiger partial charge in [0.15, 0.2) is 0 Å². The summed E-state index contributed by atoms with van der Waals surface area (Å²) >= 11 is 6.09. The highest BCUT2D eigenvalue weighted by Gasteiger charge is 2.19. The zero-order valence-corrected chi connectivity index (χ0v) is 19.0. The molecule has 0 bridgehead atoms. The fourth-order valence-electron chi connectivity index (χ4n) is 3.78. The summed E-state index contributed by atoms with van der Waals surface area (Å²) in [5, 5.41) is 22.7. The zero-order valence-electron chi connectivity index (χ0n) is 16.7. The Balaban J connectivity index is 0.00000259. The van der Waals surface area contributed by atoms with E-state index in [0.29, 0.717) is 43.8 Å². The molecule has 0 radical (unpaired) electrons. The standard InChI is InChI=1S/C23H15ClN2O5S.ClH/c24-14-4-1-3-12(9-14)16-5-2-6-17(22(16)28)23-25-18-8-7-13-10-15(32(29,30)31)11-19(27)20(13)21(18)26-23;/h1-11,27-28H,(H,25,26)(H,29,30,31);1H. The molecule has 0 unspecified atom stereocenters. The fourth-order valence-corrected chi connectivity index (χ4v) is 4.51. The second-order valence-electron chi connectivity index (χ2n) is 7.27. The first kappa shape index (κ1) is 22.9. The van der Waals surface area contributed by atoms with Crippen LogP contribution in [0.2, 0.25) is 5.02 Å².